The molecule has 5 nitrogen and oxygen atoms in total. The number of aliphatic hydroxyl groups is 1. The Bertz CT molecular complexity index is 542. The number of nitrogens with one attached hydrogen (secondary N) is 1. The van der Waals surface area contributed by atoms with Gasteiger partial charge in [0.1, 0.15) is 17.6 Å². The van der Waals surface area contributed by atoms with Gasteiger partial charge >= 0.3 is 0 Å². The average Bonchev–Trinajstić information content (AvgIpc) is 3.09. The summed E-state index contributed by atoms with van der Waals surface area (Å²) < 4.78 is 10.2. The molecule has 0 aliphatic rings. The second-order valence-electron chi connectivity index (χ2n) is 4.53. The number of hydrogen-bond acceptors (Lipinski definition) is 4. The Kier molecular flexibility index (Phi) is 4.79. The molecule has 2 atom stereocenters. The number of amides is 1. The van der Waals surface area contributed by atoms with E-state index < -0.39 is 6.10 Å². The van der Waals surface area contributed by atoms with E-state index in [1.54, 1.807) is 36.6 Å². The summed E-state index contributed by atoms with van der Waals surface area (Å²) in [7, 11) is 0. The molecule has 106 valence electrons. The highest BCUT2D eigenvalue weighted by Gasteiger charge is 2.15. The van der Waals surface area contributed by atoms with Crippen LogP contribution in [0.5, 0.6) is 0 Å². The Labute approximate surface area is 116 Å². The van der Waals surface area contributed by atoms with E-state index >= 15 is 0 Å². The molecular formula is C15H17NO4. The molecule has 0 fully saturated rings. The lowest BCUT2D eigenvalue weighted by molar-refractivity contribution is -0.117. The summed E-state index contributed by atoms with van der Waals surface area (Å²) >= 11 is 0. The van der Waals surface area contributed by atoms with Gasteiger partial charge in [-0.2, -0.15) is 0 Å². The van der Waals surface area contributed by atoms with Crippen molar-refractivity contribution in [2.75, 3.05) is 0 Å². The van der Waals surface area contributed by atoms with Crippen molar-refractivity contribution in [3.63, 3.8) is 0 Å². The van der Waals surface area contributed by atoms with E-state index in [9.17, 15) is 9.90 Å². The summed E-state index contributed by atoms with van der Waals surface area (Å²) in [5, 5.41) is 12.7. The van der Waals surface area contributed by atoms with E-state index in [0.29, 0.717) is 17.9 Å². The molecule has 0 spiro atoms. The summed E-state index contributed by atoms with van der Waals surface area (Å²) in [5.74, 6) is 0.876. The molecule has 0 saturated carbocycles. The first-order valence-electron chi connectivity index (χ1n) is 6.38. The molecule has 2 N–H and O–H groups in total. The van der Waals surface area contributed by atoms with Crippen LogP contribution in [0.25, 0.3) is 6.08 Å². The first-order chi connectivity index (χ1) is 9.65. The molecule has 0 aliphatic carbocycles. The van der Waals surface area contributed by atoms with Gasteiger partial charge in [-0.1, -0.05) is 0 Å². The molecule has 0 bridgehead atoms. The van der Waals surface area contributed by atoms with E-state index in [4.69, 9.17) is 8.83 Å². The molecule has 2 heterocycles. The van der Waals surface area contributed by atoms with Crippen LogP contribution in [0, 0.1) is 0 Å². The molecule has 0 saturated heterocycles. The molecule has 5 heteroatoms. The zero-order valence-corrected chi connectivity index (χ0v) is 11.2. The number of carbonyl (C=O) groups is 1. The fourth-order valence-electron chi connectivity index (χ4n) is 1.83. The van der Waals surface area contributed by atoms with Gasteiger partial charge in [0, 0.05) is 18.5 Å². The summed E-state index contributed by atoms with van der Waals surface area (Å²) in [6, 6.07) is 6.75. The fourth-order valence-corrected chi connectivity index (χ4v) is 1.83. The molecule has 20 heavy (non-hydrogen) atoms. The van der Waals surface area contributed by atoms with Crippen molar-refractivity contribution >= 4 is 12.0 Å². The van der Waals surface area contributed by atoms with Gasteiger partial charge in [-0.3, -0.25) is 4.79 Å². The van der Waals surface area contributed by atoms with Gasteiger partial charge in [-0.15, -0.1) is 0 Å². The van der Waals surface area contributed by atoms with Gasteiger partial charge in [0.25, 0.3) is 0 Å². The standard InChI is InChI=1S/C15H17NO4/c1-11(10-13(17)14-5-3-9-20-14)16-15(18)7-6-12-4-2-8-19-12/h2-9,11,13,17H,10H2,1H3,(H,16,18)/b7-6+. The zero-order valence-electron chi connectivity index (χ0n) is 11.2. The number of hydrogen-bond donors (Lipinski definition) is 2. The summed E-state index contributed by atoms with van der Waals surface area (Å²) in [6.45, 7) is 1.82. The van der Waals surface area contributed by atoms with Crippen molar-refractivity contribution in [3.05, 3.63) is 54.4 Å². The van der Waals surface area contributed by atoms with Crippen LogP contribution in [0.4, 0.5) is 0 Å². The molecule has 0 aliphatic heterocycles. The van der Waals surface area contributed by atoms with E-state index in [-0.39, 0.29) is 11.9 Å². The minimum atomic E-state index is -0.727. The quantitative estimate of drug-likeness (QED) is 0.794. The Hall–Kier alpha value is -2.27. The summed E-state index contributed by atoms with van der Waals surface area (Å²) in [5.41, 5.74) is 0. The Balaban J connectivity index is 1.79. The minimum absolute atomic E-state index is 0.177. The van der Waals surface area contributed by atoms with Crippen LogP contribution in [0.15, 0.2) is 51.7 Å². The third-order valence-corrected chi connectivity index (χ3v) is 2.78. The smallest absolute Gasteiger partial charge is 0.244 e. The van der Waals surface area contributed by atoms with Crippen LogP contribution >= 0.6 is 0 Å². The second kappa shape index (κ2) is 6.77. The first-order valence-corrected chi connectivity index (χ1v) is 6.38. The van der Waals surface area contributed by atoms with Gasteiger partial charge < -0.3 is 19.3 Å². The monoisotopic (exact) mass is 275 g/mol. The van der Waals surface area contributed by atoms with Crippen molar-refractivity contribution in [3.8, 4) is 0 Å². The van der Waals surface area contributed by atoms with E-state index in [0.717, 1.165) is 0 Å². The van der Waals surface area contributed by atoms with Gasteiger partial charge in [0.2, 0.25) is 5.91 Å². The molecule has 2 aromatic rings. The topological polar surface area (TPSA) is 75.6 Å². The predicted molar refractivity (Wildman–Crippen MR) is 73.6 cm³/mol. The zero-order chi connectivity index (χ0) is 14.4. The lowest BCUT2D eigenvalue weighted by Gasteiger charge is -2.15. The molecule has 2 rings (SSSR count). The van der Waals surface area contributed by atoms with Crippen molar-refractivity contribution in [2.45, 2.75) is 25.5 Å². The Morgan fingerprint density at radius 2 is 2.10 bits per heavy atom. The maximum atomic E-state index is 11.7. The van der Waals surface area contributed by atoms with Gasteiger partial charge in [0.05, 0.1) is 12.5 Å². The van der Waals surface area contributed by atoms with Crippen LogP contribution in [0.3, 0.4) is 0 Å². The SMILES string of the molecule is CC(CC(O)c1ccco1)NC(=O)/C=C/c1ccco1. The maximum Gasteiger partial charge on any atom is 0.244 e. The van der Waals surface area contributed by atoms with E-state index in [1.165, 1.54) is 12.3 Å². The number of furan rings is 2. The number of aliphatic hydroxyl groups excluding tert-OH is 1. The molecule has 0 radical (unpaired) electrons. The van der Waals surface area contributed by atoms with Crippen LogP contribution in [-0.4, -0.2) is 17.1 Å². The molecule has 0 aromatic carbocycles. The molecular weight excluding hydrogens is 258 g/mol. The van der Waals surface area contributed by atoms with Crippen LogP contribution in [0.1, 0.15) is 31.0 Å². The molecule has 2 aromatic heterocycles. The Morgan fingerprint density at radius 3 is 2.75 bits per heavy atom. The lowest BCUT2D eigenvalue weighted by Crippen LogP contribution is -2.32. The van der Waals surface area contributed by atoms with Gasteiger partial charge in [-0.25, -0.2) is 0 Å². The minimum Gasteiger partial charge on any atom is -0.467 e. The normalized spacial score (nSPS) is 14.3. The lowest BCUT2D eigenvalue weighted by atomic mass is 10.1. The van der Waals surface area contributed by atoms with Crippen molar-refractivity contribution in [2.24, 2.45) is 0 Å². The van der Waals surface area contributed by atoms with Crippen molar-refractivity contribution < 1.29 is 18.7 Å². The highest BCUT2D eigenvalue weighted by molar-refractivity contribution is 5.91. The summed E-state index contributed by atoms with van der Waals surface area (Å²) in [4.78, 5) is 11.7. The van der Waals surface area contributed by atoms with Crippen molar-refractivity contribution in [1.82, 2.24) is 5.32 Å². The molecule has 2 unspecified atom stereocenters. The van der Waals surface area contributed by atoms with Crippen molar-refractivity contribution in [1.29, 1.82) is 0 Å². The molecule has 1 amide bonds. The average molecular weight is 275 g/mol. The largest absolute Gasteiger partial charge is 0.467 e. The summed E-state index contributed by atoms with van der Waals surface area (Å²) in [6.07, 6.45) is 5.69. The van der Waals surface area contributed by atoms with E-state index in [1.807, 2.05) is 6.92 Å². The number of carbonyl (C=O) groups excluding carboxylic acids is 1. The third kappa shape index (κ3) is 4.13. The van der Waals surface area contributed by atoms with Crippen LogP contribution in [0.2, 0.25) is 0 Å². The Morgan fingerprint density at radius 1 is 1.35 bits per heavy atom. The third-order valence-electron chi connectivity index (χ3n) is 2.78. The second-order valence-corrected chi connectivity index (χ2v) is 4.53. The first kappa shape index (κ1) is 14.1. The van der Waals surface area contributed by atoms with E-state index in [2.05, 4.69) is 5.32 Å². The van der Waals surface area contributed by atoms with Gasteiger partial charge in [-0.05, 0) is 37.3 Å². The van der Waals surface area contributed by atoms with Crippen LogP contribution in [-0.2, 0) is 4.79 Å². The highest BCUT2D eigenvalue weighted by atomic mass is 16.4. The van der Waals surface area contributed by atoms with Crippen LogP contribution < -0.4 is 5.32 Å². The maximum absolute atomic E-state index is 11.7. The highest BCUT2D eigenvalue weighted by Crippen LogP contribution is 2.18. The van der Waals surface area contributed by atoms with Gasteiger partial charge in [0.15, 0.2) is 0 Å². The fraction of sp³-hybridized carbons (Fsp3) is 0.267. The number of rotatable bonds is 6. The predicted octanol–water partition coefficient (Wildman–Crippen LogP) is 2.51.